The summed E-state index contributed by atoms with van der Waals surface area (Å²) in [6, 6.07) is 8.21. The molecule has 0 amide bonds. The Labute approximate surface area is 85.2 Å². The topological polar surface area (TPSA) is 21.6 Å². The molecule has 0 saturated carbocycles. The highest BCUT2D eigenvalue weighted by atomic mass is 32.1. The first-order chi connectivity index (χ1) is 6.95. The molecule has 2 aromatic rings. The first-order valence-electron chi connectivity index (χ1n) is 4.31. The van der Waals surface area contributed by atoms with Gasteiger partial charge in [0.25, 0.3) is 0 Å². The summed E-state index contributed by atoms with van der Waals surface area (Å²) in [6.45, 7) is 0. The summed E-state index contributed by atoms with van der Waals surface area (Å²) < 4.78 is 6.74. The van der Waals surface area contributed by atoms with E-state index in [2.05, 4.69) is 17.1 Å². The van der Waals surface area contributed by atoms with Crippen molar-refractivity contribution in [1.29, 1.82) is 0 Å². The van der Waals surface area contributed by atoms with Gasteiger partial charge >= 0.3 is 0 Å². The van der Waals surface area contributed by atoms with E-state index in [0.29, 0.717) is 0 Å². The minimum atomic E-state index is 0.920. The van der Waals surface area contributed by atoms with E-state index in [0.717, 1.165) is 16.0 Å². The van der Waals surface area contributed by atoms with Gasteiger partial charge in [0.15, 0.2) is 5.75 Å². The third-order valence-electron chi connectivity index (χ3n) is 2.10. The number of fused-ring (bicyclic) bond motifs is 3. The van der Waals surface area contributed by atoms with Gasteiger partial charge in [0.2, 0.25) is 0 Å². The minimum absolute atomic E-state index is 0.920. The largest absolute Gasteiger partial charge is 0.461 e. The summed E-state index contributed by atoms with van der Waals surface area (Å²) in [5.74, 6) is 0.920. The van der Waals surface area contributed by atoms with Gasteiger partial charge in [-0.1, -0.05) is 12.1 Å². The van der Waals surface area contributed by atoms with Crippen LogP contribution < -0.4 is 4.74 Å². The van der Waals surface area contributed by atoms with Crippen LogP contribution in [0, 0.1) is 0 Å². The molecular formula is C11H7NOS. The summed E-state index contributed by atoms with van der Waals surface area (Å²) >= 11 is 1.70. The van der Waals surface area contributed by atoms with E-state index in [1.807, 2.05) is 18.3 Å². The van der Waals surface area contributed by atoms with E-state index >= 15 is 0 Å². The number of ether oxygens (including phenoxy) is 1. The van der Waals surface area contributed by atoms with Crippen molar-refractivity contribution < 1.29 is 4.74 Å². The van der Waals surface area contributed by atoms with E-state index in [-0.39, 0.29) is 0 Å². The number of hydrogen-bond acceptors (Lipinski definition) is 3. The van der Waals surface area contributed by atoms with Gasteiger partial charge in [-0.2, -0.15) is 0 Å². The first-order valence-corrected chi connectivity index (χ1v) is 5.13. The molecule has 1 aromatic heterocycles. The minimum Gasteiger partial charge on any atom is -0.461 e. The highest BCUT2D eigenvalue weighted by Gasteiger charge is 2.11. The van der Waals surface area contributed by atoms with Crippen LogP contribution in [-0.4, -0.2) is 6.21 Å². The number of aliphatic imine (C=N–C) groups is 1. The van der Waals surface area contributed by atoms with Gasteiger partial charge in [0, 0.05) is 16.3 Å². The van der Waals surface area contributed by atoms with Crippen molar-refractivity contribution in [3.05, 3.63) is 41.6 Å². The van der Waals surface area contributed by atoms with Gasteiger partial charge in [-0.25, -0.2) is 0 Å². The summed E-state index contributed by atoms with van der Waals surface area (Å²) in [6.07, 6.45) is 5.10. The fourth-order valence-corrected chi connectivity index (χ4v) is 2.51. The standard InChI is InChI=1S/C11H7NOS/c1-2-4-9-8(3-1)11-10(14-9)7-12-5-6-13-11/h1-7H. The Morgan fingerprint density at radius 3 is 3.14 bits per heavy atom. The molecule has 1 aromatic carbocycles. The molecule has 14 heavy (non-hydrogen) atoms. The van der Waals surface area contributed by atoms with Crippen molar-refractivity contribution in [2.24, 2.45) is 4.99 Å². The molecule has 0 aliphatic carbocycles. The van der Waals surface area contributed by atoms with Crippen molar-refractivity contribution in [3.63, 3.8) is 0 Å². The van der Waals surface area contributed by atoms with Gasteiger partial charge in [-0.15, -0.1) is 11.3 Å². The third-order valence-corrected chi connectivity index (χ3v) is 3.19. The number of hydrogen-bond donors (Lipinski definition) is 0. The Morgan fingerprint density at radius 1 is 1.21 bits per heavy atom. The number of thiophene rings is 1. The highest BCUT2D eigenvalue weighted by molar-refractivity contribution is 7.21. The Bertz CT molecular complexity index is 539. The lowest BCUT2D eigenvalue weighted by Crippen LogP contribution is -1.81. The van der Waals surface area contributed by atoms with Crippen molar-refractivity contribution in [3.8, 4) is 5.75 Å². The highest BCUT2D eigenvalue weighted by Crippen LogP contribution is 2.37. The molecule has 2 nitrogen and oxygen atoms in total. The molecule has 0 bridgehead atoms. The second-order valence-electron chi connectivity index (χ2n) is 2.97. The van der Waals surface area contributed by atoms with E-state index in [1.165, 1.54) is 4.70 Å². The van der Waals surface area contributed by atoms with Crippen LogP contribution >= 0.6 is 11.3 Å². The Kier molecular flexibility index (Phi) is 1.64. The quantitative estimate of drug-likeness (QED) is 0.641. The SMILES string of the molecule is C1=COc2c(sc3ccccc23)C=N1. The van der Waals surface area contributed by atoms with Crippen molar-refractivity contribution in [2.45, 2.75) is 0 Å². The average molecular weight is 201 g/mol. The van der Waals surface area contributed by atoms with E-state index in [9.17, 15) is 0 Å². The molecule has 0 atom stereocenters. The van der Waals surface area contributed by atoms with Gasteiger partial charge in [0.05, 0.1) is 11.1 Å². The van der Waals surface area contributed by atoms with Gasteiger partial charge < -0.3 is 4.74 Å². The number of rotatable bonds is 0. The number of nitrogens with zero attached hydrogens (tertiary/aromatic N) is 1. The van der Waals surface area contributed by atoms with E-state index in [1.54, 1.807) is 23.8 Å². The zero-order chi connectivity index (χ0) is 9.38. The van der Waals surface area contributed by atoms with E-state index < -0.39 is 0 Å². The molecule has 0 spiro atoms. The summed E-state index contributed by atoms with van der Waals surface area (Å²) in [7, 11) is 0. The second-order valence-corrected chi connectivity index (χ2v) is 4.06. The molecular weight excluding hydrogens is 194 g/mol. The molecule has 3 heteroatoms. The molecule has 0 radical (unpaired) electrons. The molecule has 0 N–H and O–H groups in total. The normalized spacial score (nSPS) is 13.7. The number of benzene rings is 1. The van der Waals surface area contributed by atoms with Crippen LogP contribution in [0.15, 0.2) is 41.7 Å². The van der Waals surface area contributed by atoms with Crippen molar-refractivity contribution in [2.75, 3.05) is 0 Å². The molecule has 68 valence electrons. The maximum absolute atomic E-state index is 5.51. The van der Waals surface area contributed by atoms with Crippen LogP contribution in [0.2, 0.25) is 0 Å². The maximum Gasteiger partial charge on any atom is 0.153 e. The zero-order valence-electron chi connectivity index (χ0n) is 7.31. The zero-order valence-corrected chi connectivity index (χ0v) is 8.12. The summed E-state index contributed by atoms with van der Waals surface area (Å²) in [5.41, 5.74) is 0. The monoisotopic (exact) mass is 201 g/mol. The van der Waals surface area contributed by atoms with Crippen LogP contribution in [-0.2, 0) is 0 Å². The molecule has 1 aliphatic rings. The van der Waals surface area contributed by atoms with Gasteiger partial charge in [0.1, 0.15) is 6.26 Å². The predicted molar refractivity (Wildman–Crippen MR) is 59.2 cm³/mol. The summed E-state index contributed by atoms with van der Waals surface area (Å²) in [5, 5.41) is 1.16. The van der Waals surface area contributed by atoms with Crippen molar-refractivity contribution >= 4 is 27.6 Å². The van der Waals surface area contributed by atoms with Crippen LogP contribution in [0.5, 0.6) is 5.75 Å². The lowest BCUT2D eigenvalue weighted by molar-refractivity contribution is 0.488. The first kappa shape index (κ1) is 7.76. The molecule has 2 heterocycles. The maximum atomic E-state index is 5.51. The Morgan fingerprint density at radius 2 is 2.14 bits per heavy atom. The lowest BCUT2D eigenvalue weighted by atomic mass is 10.2. The molecule has 1 aliphatic heterocycles. The van der Waals surface area contributed by atoms with Crippen LogP contribution in [0.25, 0.3) is 10.1 Å². The molecule has 0 saturated heterocycles. The van der Waals surface area contributed by atoms with Crippen LogP contribution in [0.4, 0.5) is 0 Å². The fourth-order valence-electron chi connectivity index (χ4n) is 1.49. The Balaban J connectivity index is 2.37. The molecule has 0 unspecified atom stereocenters. The lowest BCUT2D eigenvalue weighted by Gasteiger charge is -1.96. The molecule has 3 rings (SSSR count). The summed E-state index contributed by atoms with van der Waals surface area (Å²) in [4.78, 5) is 5.17. The molecule has 0 fully saturated rings. The van der Waals surface area contributed by atoms with Gasteiger partial charge in [-0.3, -0.25) is 4.99 Å². The Hall–Kier alpha value is -1.61. The van der Waals surface area contributed by atoms with Crippen LogP contribution in [0.1, 0.15) is 4.88 Å². The second kappa shape index (κ2) is 2.96. The fraction of sp³-hybridized carbons (Fsp3) is 0. The predicted octanol–water partition coefficient (Wildman–Crippen LogP) is 3.18. The third kappa shape index (κ3) is 1.06. The smallest absolute Gasteiger partial charge is 0.153 e. The van der Waals surface area contributed by atoms with Gasteiger partial charge in [-0.05, 0) is 12.1 Å². The average Bonchev–Trinajstić information content (AvgIpc) is 2.42. The van der Waals surface area contributed by atoms with E-state index in [4.69, 9.17) is 4.74 Å². The van der Waals surface area contributed by atoms with Crippen molar-refractivity contribution in [1.82, 2.24) is 0 Å². The van der Waals surface area contributed by atoms with Crippen LogP contribution in [0.3, 0.4) is 0 Å².